The van der Waals surface area contributed by atoms with E-state index < -0.39 is 5.91 Å². The van der Waals surface area contributed by atoms with Crippen LogP contribution in [0.15, 0.2) is 48.8 Å². The van der Waals surface area contributed by atoms with Gasteiger partial charge in [0.25, 0.3) is 5.91 Å². The van der Waals surface area contributed by atoms with Crippen molar-refractivity contribution in [1.82, 2.24) is 15.2 Å². The number of hydrogen-bond donors (Lipinski definition) is 2. The second-order valence-corrected chi connectivity index (χ2v) is 7.02. The Balaban J connectivity index is 2.05. The number of halogens is 1. The van der Waals surface area contributed by atoms with Gasteiger partial charge in [-0.05, 0) is 62.8 Å². The van der Waals surface area contributed by atoms with E-state index in [-0.39, 0.29) is 6.04 Å². The Bertz CT molecular complexity index is 781. The maximum atomic E-state index is 12.4. The van der Waals surface area contributed by atoms with Crippen molar-refractivity contribution < 1.29 is 4.79 Å². The van der Waals surface area contributed by atoms with E-state index in [0.717, 1.165) is 42.8 Å². The van der Waals surface area contributed by atoms with Crippen LogP contribution in [0.4, 0.5) is 0 Å². The van der Waals surface area contributed by atoms with Gasteiger partial charge in [0.1, 0.15) is 0 Å². The average molecular weight is 371 g/mol. The second kappa shape index (κ2) is 8.34. The molecule has 5 nitrogen and oxygen atoms in total. The van der Waals surface area contributed by atoms with Crippen LogP contribution in [0.25, 0.3) is 11.3 Å². The minimum absolute atomic E-state index is 0.288. The van der Waals surface area contributed by atoms with E-state index in [4.69, 9.17) is 17.3 Å². The van der Waals surface area contributed by atoms with Crippen LogP contribution in [0.3, 0.4) is 0 Å². The Morgan fingerprint density at radius 1 is 1.12 bits per heavy atom. The van der Waals surface area contributed by atoms with Crippen molar-refractivity contribution in [1.29, 1.82) is 0 Å². The Morgan fingerprint density at radius 3 is 2.31 bits per heavy atom. The van der Waals surface area contributed by atoms with Gasteiger partial charge in [-0.15, -0.1) is 0 Å². The summed E-state index contributed by atoms with van der Waals surface area (Å²) >= 11 is 6.00. The van der Waals surface area contributed by atoms with Gasteiger partial charge in [0, 0.05) is 29.0 Å². The molecule has 1 fully saturated rings. The van der Waals surface area contributed by atoms with Crippen molar-refractivity contribution in [3.63, 3.8) is 0 Å². The first-order chi connectivity index (χ1) is 12.5. The zero-order chi connectivity index (χ0) is 18.5. The van der Waals surface area contributed by atoms with Gasteiger partial charge in [0.05, 0.1) is 11.3 Å². The normalized spacial score (nSPS) is 16.8. The molecule has 0 bridgehead atoms. The summed E-state index contributed by atoms with van der Waals surface area (Å²) in [5.74, 6) is -0.473. The zero-order valence-electron chi connectivity index (χ0n) is 14.8. The molecular weight excluding hydrogens is 348 g/mol. The smallest absolute Gasteiger partial charge is 0.251 e. The molecule has 1 aliphatic heterocycles. The molecule has 1 aliphatic rings. The molecule has 136 valence electrons. The fourth-order valence-electron chi connectivity index (χ4n) is 3.20. The summed E-state index contributed by atoms with van der Waals surface area (Å²) in [4.78, 5) is 18.8. The summed E-state index contributed by atoms with van der Waals surface area (Å²) in [6.07, 6.45) is 5.45. The lowest BCUT2D eigenvalue weighted by molar-refractivity contribution is -0.112. The van der Waals surface area contributed by atoms with E-state index in [0.29, 0.717) is 10.6 Å². The van der Waals surface area contributed by atoms with Gasteiger partial charge in [0.15, 0.2) is 0 Å². The first kappa shape index (κ1) is 18.4. The summed E-state index contributed by atoms with van der Waals surface area (Å²) in [5, 5.41) is 4.20. The van der Waals surface area contributed by atoms with Crippen LogP contribution in [0.2, 0.25) is 5.02 Å². The highest BCUT2D eigenvalue weighted by Gasteiger charge is 2.22. The van der Waals surface area contributed by atoms with Gasteiger partial charge in [-0.25, -0.2) is 0 Å². The van der Waals surface area contributed by atoms with Gasteiger partial charge >= 0.3 is 0 Å². The topological polar surface area (TPSA) is 71.2 Å². The molecule has 0 unspecified atom stereocenters. The van der Waals surface area contributed by atoms with Crippen molar-refractivity contribution in [3.05, 3.63) is 64.9 Å². The quantitative estimate of drug-likeness (QED) is 0.794. The molecule has 2 aromatic rings. The fourth-order valence-corrected chi connectivity index (χ4v) is 3.33. The molecule has 0 saturated carbocycles. The SMILES string of the molecule is CN1CCC(N/C(=C(\C(N)=O)c2ccc(Cl)cc2)c2ccncc2)CC1. The van der Waals surface area contributed by atoms with Crippen LogP contribution in [0.5, 0.6) is 0 Å². The molecule has 3 N–H and O–H groups in total. The zero-order valence-corrected chi connectivity index (χ0v) is 15.5. The molecule has 1 saturated heterocycles. The van der Waals surface area contributed by atoms with E-state index in [9.17, 15) is 4.79 Å². The number of rotatable bonds is 5. The van der Waals surface area contributed by atoms with E-state index in [1.54, 1.807) is 24.5 Å². The van der Waals surface area contributed by atoms with Gasteiger partial charge in [-0.3, -0.25) is 9.78 Å². The molecule has 1 aromatic heterocycles. The van der Waals surface area contributed by atoms with Crippen molar-refractivity contribution in [2.45, 2.75) is 18.9 Å². The lowest BCUT2D eigenvalue weighted by atomic mass is 9.97. The second-order valence-electron chi connectivity index (χ2n) is 6.58. The molecule has 0 spiro atoms. The van der Waals surface area contributed by atoms with Crippen LogP contribution < -0.4 is 11.1 Å². The van der Waals surface area contributed by atoms with Crippen LogP contribution in [-0.4, -0.2) is 42.0 Å². The van der Waals surface area contributed by atoms with Crippen molar-refractivity contribution >= 4 is 28.8 Å². The summed E-state index contributed by atoms with van der Waals surface area (Å²) in [7, 11) is 2.12. The number of benzene rings is 1. The van der Waals surface area contributed by atoms with E-state index in [1.165, 1.54) is 0 Å². The third-order valence-electron chi connectivity index (χ3n) is 4.67. The number of hydrogen-bond acceptors (Lipinski definition) is 4. The van der Waals surface area contributed by atoms with Gasteiger partial charge in [-0.1, -0.05) is 23.7 Å². The number of aromatic nitrogens is 1. The number of nitrogens with zero attached hydrogens (tertiary/aromatic N) is 2. The minimum atomic E-state index is -0.473. The molecule has 2 heterocycles. The number of likely N-dealkylation sites (tertiary alicyclic amines) is 1. The Morgan fingerprint density at radius 2 is 1.73 bits per heavy atom. The largest absolute Gasteiger partial charge is 0.381 e. The molecule has 0 aliphatic carbocycles. The summed E-state index contributed by atoms with van der Waals surface area (Å²) < 4.78 is 0. The number of carbonyl (C=O) groups is 1. The monoisotopic (exact) mass is 370 g/mol. The number of amides is 1. The molecular formula is C20H23ClN4O. The molecule has 3 rings (SSSR count). The number of nitrogens with two attached hydrogens (primary N) is 1. The van der Waals surface area contributed by atoms with Crippen LogP contribution >= 0.6 is 11.6 Å². The Hall–Kier alpha value is -2.37. The van der Waals surface area contributed by atoms with Crippen LogP contribution in [0, 0.1) is 0 Å². The van der Waals surface area contributed by atoms with Crippen molar-refractivity contribution in [3.8, 4) is 0 Å². The van der Waals surface area contributed by atoms with E-state index >= 15 is 0 Å². The third-order valence-corrected chi connectivity index (χ3v) is 4.92. The average Bonchev–Trinajstić information content (AvgIpc) is 2.65. The highest BCUT2D eigenvalue weighted by Crippen LogP contribution is 2.27. The lowest BCUT2D eigenvalue weighted by Gasteiger charge is -2.31. The van der Waals surface area contributed by atoms with Crippen molar-refractivity contribution in [2.75, 3.05) is 20.1 Å². The first-order valence-electron chi connectivity index (χ1n) is 8.70. The number of carbonyl (C=O) groups excluding carboxylic acids is 1. The number of piperidine rings is 1. The highest BCUT2D eigenvalue weighted by molar-refractivity contribution is 6.31. The Labute approximate surface area is 158 Å². The van der Waals surface area contributed by atoms with Gasteiger partial charge in [0.2, 0.25) is 0 Å². The maximum absolute atomic E-state index is 12.4. The predicted octanol–water partition coefficient (Wildman–Crippen LogP) is 2.77. The van der Waals surface area contributed by atoms with E-state index in [1.807, 2.05) is 24.3 Å². The van der Waals surface area contributed by atoms with Gasteiger partial charge < -0.3 is 16.0 Å². The van der Waals surface area contributed by atoms with Gasteiger partial charge in [-0.2, -0.15) is 0 Å². The molecule has 1 aromatic carbocycles. The maximum Gasteiger partial charge on any atom is 0.251 e. The number of primary amides is 1. The standard InChI is InChI=1S/C20H23ClN4O/c1-25-12-8-17(9-13-25)24-19(15-6-10-23-11-7-15)18(20(22)26)14-2-4-16(21)5-3-14/h2-7,10-11,17,24H,8-9,12-13H2,1H3,(H2,22,26)/b19-18-. The summed E-state index contributed by atoms with van der Waals surface area (Å²) in [6, 6.07) is 11.2. The third kappa shape index (κ3) is 4.42. The van der Waals surface area contributed by atoms with Crippen LogP contribution in [-0.2, 0) is 4.79 Å². The Kier molecular flexibility index (Phi) is 5.91. The summed E-state index contributed by atoms with van der Waals surface area (Å²) in [5.41, 5.74) is 8.63. The molecule has 26 heavy (non-hydrogen) atoms. The molecule has 0 radical (unpaired) electrons. The molecule has 6 heteroatoms. The fraction of sp³-hybridized carbons (Fsp3) is 0.300. The van der Waals surface area contributed by atoms with Crippen molar-refractivity contribution in [2.24, 2.45) is 5.73 Å². The highest BCUT2D eigenvalue weighted by atomic mass is 35.5. The molecule has 0 atom stereocenters. The molecule has 1 amide bonds. The lowest BCUT2D eigenvalue weighted by Crippen LogP contribution is -2.40. The summed E-state index contributed by atoms with van der Waals surface area (Å²) in [6.45, 7) is 2.04. The minimum Gasteiger partial charge on any atom is -0.381 e. The van der Waals surface area contributed by atoms with Crippen LogP contribution in [0.1, 0.15) is 24.0 Å². The van der Waals surface area contributed by atoms with E-state index in [2.05, 4.69) is 22.2 Å². The number of nitrogens with one attached hydrogen (secondary N) is 1. The first-order valence-corrected chi connectivity index (χ1v) is 9.08. The number of pyridine rings is 1. The predicted molar refractivity (Wildman–Crippen MR) is 105 cm³/mol.